The van der Waals surface area contributed by atoms with Gasteiger partial charge in [-0.1, -0.05) is 0 Å². The Hall–Kier alpha value is -0.280. The van der Waals surface area contributed by atoms with Gasteiger partial charge in [0.1, 0.15) is 5.60 Å². The second-order valence-electron chi connectivity index (χ2n) is 6.03. The van der Waals surface area contributed by atoms with Crippen LogP contribution in [-0.2, 0) is 9.53 Å². The number of carbonyl (C=O) groups is 1. The SMILES string of the molecule is CC(C)(CCl)C(=O)OC(C)(C)C1CCNCC1. The van der Waals surface area contributed by atoms with E-state index in [1.165, 1.54) is 0 Å². The topological polar surface area (TPSA) is 38.3 Å². The summed E-state index contributed by atoms with van der Waals surface area (Å²) in [6, 6.07) is 0. The molecule has 0 atom stereocenters. The van der Waals surface area contributed by atoms with Crippen molar-refractivity contribution in [2.75, 3.05) is 19.0 Å². The van der Waals surface area contributed by atoms with Gasteiger partial charge in [-0.05, 0) is 53.6 Å². The fraction of sp³-hybridized carbons (Fsp3) is 0.923. The number of ether oxygens (including phenoxy) is 1. The molecule has 1 aliphatic rings. The summed E-state index contributed by atoms with van der Waals surface area (Å²) < 4.78 is 5.68. The lowest BCUT2D eigenvalue weighted by atomic mass is 9.83. The van der Waals surface area contributed by atoms with E-state index in [4.69, 9.17) is 16.3 Å². The third-order valence-corrected chi connectivity index (χ3v) is 4.23. The summed E-state index contributed by atoms with van der Waals surface area (Å²) in [5, 5.41) is 3.32. The first-order valence-corrected chi connectivity index (χ1v) is 6.83. The molecule has 0 amide bonds. The van der Waals surface area contributed by atoms with E-state index in [9.17, 15) is 4.79 Å². The monoisotopic (exact) mass is 261 g/mol. The molecule has 1 fully saturated rings. The van der Waals surface area contributed by atoms with Crippen molar-refractivity contribution in [2.45, 2.75) is 46.1 Å². The molecule has 0 aromatic heterocycles. The highest BCUT2D eigenvalue weighted by Crippen LogP contribution is 2.31. The average Bonchev–Trinajstić information content (AvgIpc) is 2.29. The molecule has 0 aliphatic carbocycles. The van der Waals surface area contributed by atoms with Crippen LogP contribution in [-0.4, -0.2) is 30.5 Å². The first-order chi connectivity index (χ1) is 7.79. The molecule has 1 N–H and O–H groups in total. The molecular formula is C13H24ClNO2. The van der Waals surface area contributed by atoms with Crippen LogP contribution in [0, 0.1) is 11.3 Å². The molecule has 0 radical (unpaired) electrons. The van der Waals surface area contributed by atoms with Crippen LogP contribution in [0.5, 0.6) is 0 Å². The van der Waals surface area contributed by atoms with Gasteiger partial charge in [-0.15, -0.1) is 11.6 Å². The standard InChI is InChI=1S/C13H24ClNO2/c1-12(2,9-14)11(16)17-13(3,4)10-5-7-15-8-6-10/h10,15H,5-9H2,1-4H3. The minimum Gasteiger partial charge on any atom is -0.459 e. The van der Waals surface area contributed by atoms with E-state index >= 15 is 0 Å². The van der Waals surface area contributed by atoms with Crippen molar-refractivity contribution in [3.63, 3.8) is 0 Å². The van der Waals surface area contributed by atoms with Crippen molar-refractivity contribution in [1.82, 2.24) is 5.32 Å². The van der Waals surface area contributed by atoms with Crippen LogP contribution in [0.4, 0.5) is 0 Å². The summed E-state index contributed by atoms with van der Waals surface area (Å²) in [7, 11) is 0. The van der Waals surface area contributed by atoms with Gasteiger partial charge < -0.3 is 10.1 Å². The van der Waals surface area contributed by atoms with Crippen LogP contribution in [0.3, 0.4) is 0 Å². The van der Waals surface area contributed by atoms with Crippen LogP contribution in [0.25, 0.3) is 0 Å². The zero-order chi connectivity index (χ0) is 13.1. The molecule has 0 aromatic rings. The Morgan fingerprint density at radius 1 is 1.29 bits per heavy atom. The maximum Gasteiger partial charge on any atom is 0.313 e. The highest BCUT2D eigenvalue weighted by atomic mass is 35.5. The molecule has 1 rings (SSSR count). The Labute approximate surface area is 109 Å². The molecule has 0 bridgehead atoms. The Balaban J connectivity index is 2.61. The van der Waals surface area contributed by atoms with Crippen LogP contribution in [0.1, 0.15) is 40.5 Å². The van der Waals surface area contributed by atoms with Crippen LogP contribution in [0.15, 0.2) is 0 Å². The number of carbonyl (C=O) groups excluding carboxylic acids is 1. The molecule has 1 heterocycles. The smallest absolute Gasteiger partial charge is 0.313 e. The van der Waals surface area contributed by atoms with Gasteiger partial charge in [0, 0.05) is 11.8 Å². The predicted octanol–water partition coefficient (Wildman–Crippen LogP) is 2.57. The van der Waals surface area contributed by atoms with Crippen molar-refractivity contribution < 1.29 is 9.53 Å². The van der Waals surface area contributed by atoms with Crippen molar-refractivity contribution >= 4 is 17.6 Å². The normalized spacial score (nSPS) is 19.1. The van der Waals surface area contributed by atoms with Gasteiger partial charge in [0.15, 0.2) is 0 Å². The van der Waals surface area contributed by atoms with E-state index in [-0.39, 0.29) is 11.8 Å². The van der Waals surface area contributed by atoms with Gasteiger partial charge in [0.25, 0.3) is 0 Å². The van der Waals surface area contributed by atoms with Gasteiger partial charge in [-0.3, -0.25) is 4.79 Å². The molecule has 0 spiro atoms. The summed E-state index contributed by atoms with van der Waals surface area (Å²) in [5.41, 5.74) is -1.01. The van der Waals surface area contributed by atoms with Crippen molar-refractivity contribution in [1.29, 1.82) is 0 Å². The number of alkyl halides is 1. The maximum atomic E-state index is 12.0. The van der Waals surface area contributed by atoms with E-state index in [2.05, 4.69) is 5.32 Å². The van der Waals surface area contributed by atoms with Crippen molar-refractivity contribution in [3.05, 3.63) is 0 Å². The van der Waals surface area contributed by atoms with E-state index in [0.29, 0.717) is 5.92 Å². The first-order valence-electron chi connectivity index (χ1n) is 6.30. The lowest BCUT2D eigenvalue weighted by Gasteiger charge is -2.38. The molecule has 0 saturated carbocycles. The zero-order valence-corrected chi connectivity index (χ0v) is 12.1. The fourth-order valence-corrected chi connectivity index (χ4v) is 2.14. The lowest BCUT2D eigenvalue weighted by molar-refractivity contribution is -0.172. The molecule has 4 heteroatoms. The molecule has 1 aliphatic heterocycles. The Bertz CT molecular complexity index is 271. The van der Waals surface area contributed by atoms with Gasteiger partial charge in [-0.2, -0.15) is 0 Å². The van der Waals surface area contributed by atoms with E-state index < -0.39 is 11.0 Å². The molecule has 0 aromatic carbocycles. The predicted molar refractivity (Wildman–Crippen MR) is 70.3 cm³/mol. The summed E-state index contributed by atoms with van der Waals surface area (Å²) in [6.45, 7) is 9.66. The minimum atomic E-state index is -0.605. The van der Waals surface area contributed by atoms with E-state index in [1.54, 1.807) is 0 Å². The number of halogens is 1. The maximum absolute atomic E-state index is 12.0. The molecule has 1 saturated heterocycles. The van der Waals surface area contributed by atoms with Gasteiger partial charge in [0.05, 0.1) is 5.41 Å². The highest BCUT2D eigenvalue weighted by molar-refractivity contribution is 6.19. The van der Waals surface area contributed by atoms with Gasteiger partial charge in [-0.25, -0.2) is 0 Å². The second kappa shape index (κ2) is 5.57. The molecule has 17 heavy (non-hydrogen) atoms. The Morgan fingerprint density at radius 2 is 1.82 bits per heavy atom. The number of hydrogen-bond acceptors (Lipinski definition) is 3. The summed E-state index contributed by atoms with van der Waals surface area (Å²) in [4.78, 5) is 12.0. The third kappa shape index (κ3) is 3.85. The highest BCUT2D eigenvalue weighted by Gasteiger charge is 2.38. The van der Waals surface area contributed by atoms with Crippen molar-refractivity contribution in [2.24, 2.45) is 11.3 Å². The average molecular weight is 262 g/mol. The van der Waals surface area contributed by atoms with Gasteiger partial charge in [0.2, 0.25) is 0 Å². The quantitative estimate of drug-likeness (QED) is 0.624. The van der Waals surface area contributed by atoms with Crippen LogP contribution >= 0.6 is 11.6 Å². The minimum absolute atomic E-state index is 0.198. The summed E-state index contributed by atoms with van der Waals surface area (Å²) in [5.74, 6) is 0.517. The lowest BCUT2D eigenvalue weighted by Crippen LogP contribution is -2.45. The number of rotatable bonds is 4. The molecule has 100 valence electrons. The molecule has 0 unspecified atom stereocenters. The van der Waals surface area contributed by atoms with E-state index in [1.807, 2.05) is 27.7 Å². The van der Waals surface area contributed by atoms with Crippen LogP contribution < -0.4 is 5.32 Å². The number of esters is 1. The fourth-order valence-electron chi connectivity index (χ4n) is 2.03. The first kappa shape index (κ1) is 14.8. The largest absolute Gasteiger partial charge is 0.459 e. The van der Waals surface area contributed by atoms with Gasteiger partial charge >= 0.3 is 5.97 Å². The molecule has 3 nitrogen and oxygen atoms in total. The zero-order valence-electron chi connectivity index (χ0n) is 11.3. The van der Waals surface area contributed by atoms with E-state index in [0.717, 1.165) is 25.9 Å². The number of nitrogens with one attached hydrogen (secondary N) is 1. The number of hydrogen-bond donors (Lipinski definition) is 1. The number of piperidine rings is 1. The Kier molecular flexibility index (Phi) is 4.85. The van der Waals surface area contributed by atoms with Crippen LogP contribution in [0.2, 0.25) is 0 Å². The summed E-state index contributed by atoms with van der Waals surface area (Å²) >= 11 is 5.79. The third-order valence-electron chi connectivity index (χ3n) is 3.56. The Morgan fingerprint density at radius 3 is 2.29 bits per heavy atom. The molecular weight excluding hydrogens is 238 g/mol. The van der Waals surface area contributed by atoms with Crippen molar-refractivity contribution in [3.8, 4) is 0 Å². The summed E-state index contributed by atoms with van der Waals surface area (Å²) in [6.07, 6.45) is 2.11. The second-order valence-corrected chi connectivity index (χ2v) is 6.30.